The van der Waals surface area contributed by atoms with Gasteiger partial charge < -0.3 is 16.0 Å². The van der Waals surface area contributed by atoms with E-state index < -0.39 is 0 Å². The van der Waals surface area contributed by atoms with Gasteiger partial charge in [-0.3, -0.25) is 9.59 Å². The second-order valence-corrected chi connectivity index (χ2v) is 5.63. The minimum Gasteiger partial charge on any atom is -0.346 e. The number of hydrogen-bond acceptors (Lipinski definition) is 5. The number of anilines is 1. The van der Waals surface area contributed by atoms with Gasteiger partial charge in [0.15, 0.2) is 5.13 Å². The van der Waals surface area contributed by atoms with E-state index in [0.717, 1.165) is 19.5 Å². The molecule has 0 radical (unpaired) electrons. The average Bonchev–Trinajstić information content (AvgIpc) is 2.79. The molecule has 0 bridgehead atoms. The van der Waals surface area contributed by atoms with Crippen molar-refractivity contribution in [3.8, 4) is 0 Å². The molecule has 0 aliphatic carbocycles. The first-order valence-corrected chi connectivity index (χ1v) is 7.19. The zero-order chi connectivity index (χ0) is 13.8. The quantitative estimate of drug-likeness (QED) is 0.767. The third-order valence-corrected chi connectivity index (χ3v) is 3.92. The molecule has 1 aromatic heterocycles. The van der Waals surface area contributed by atoms with Crippen LogP contribution < -0.4 is 16.0 Å². The Labute approximate surface area is 116 Å². The van der Waals surface area contributed by atoms with Gasteiger partial charge in [-0.2, -0.15) is 0 Å². The highest BCUT2D eigenvalue weighted by atomic mass is 32.1. The van der Waals surface area contributed by atoms with Crippen molar-refractivity contribution in [1.82, 2.24) is 15.6 Å². The van der Waals surface area contributed by atoms with Gasteiger partial charge in [0.1, 0.15) is 5.69 Å². The van der Waals surface area contributed by atoms with Gasteiger partial charge in [0.2, 0.25) is 5.91 Å². The summed E-state index contributed by atoms with van der Waals surface area (Å²) in [6.45, 7) is 5.33. The van der Waals surface area contributed by atoms with Gasteiger partial charge in [0, 0.05) is 24.9 Å². The van der Waals surface area contributed by atoms with Crippen LogP contribution >= 0.6 is 11.3 Å². The molecule has 6 nitrogen and oxygen atoms in total. The van der Waals surface area contributed by atoms with E-state index >= 15 is 0 Å². The molecule has 2 atom stereocenters. The highest BCUT2D eigenvalue weighted by Gasteiger charge is 2.23. The maximum absolute atomic E-state index is 12.1. The lowest BCUT2D eigenvalue weighted by atomic mass is 9.95. The molecule has 1 aromatic rings. The van der Waals surface area contributed by atoms with Crippen LogP contribution in [0, 0.1) is 5.92 Å². The van der Waals surface area contributed by atoms with Gasteiger partial charge in [-0.15, -0.1) is 11.3 Å². The molecule has 1 aliphatic rings. The van der Waals surface area contributed by atoms with Gasteiger partial charge in [-0.25, -0.2) is 4.98 Å². The Kier molecular flexibility index (Phi) is 4.49. The van der Waals surface area contributed by atoms with Crippen LogP contribution in [-0.4, -0.2) is 35.9 Å². The Bertz CT molecular complexity index is 474. The summed E-state index contributed by atoms with van der Waals surface area (Å²) in [5, 5.41) is 10.9. The number of piperidine rings is 1. The molecular formula is C12H18N4O2S. The largest absolute Gasteiger partial charge is 0.346 e. The number of rotatable bonds is 3. The van der Waals surface area contributed by atoms with Crippen LogP contribution in [0.1, 0.15) is 30.8 Å². The van der Waals surface area contributed by atoms with Crippen molar-refractivity contribution in [2.45, 2.75) is 26.3 Å². The maximum atomic E-state index is 12.1. The van der Waals surface area contributed by atoms with E-state index in [9.17, 15) is 9.59 Å². The summed E-state index contributed by atoms with van der Waals surface area (Å²) < 4.78 is 0. The van der Waals surface area contributed by atoms with Crippen LogP contribution in [0.25, 0.3) is 0 Å². The SMILES string of the molecule is CC(=O)Nc1nc(C(=O)NC2CNCCC2C)cs1. The Morgan fingerprint density at radius 1 is 1.53 bits per heavy atom. The summed E-state index contributed by atoms with van der Waals surface area (Å²) in [6, 6.07) is 0.132. The minimum absolute atomic E-state index is 0.132. The lowest BCUT2D eigenvalue weighted by molar-refractivity contribution is -0.114. The van der Waals surface area contributed by atoms with Crippen LogP contribution in [0.3, 0.4) is 0 Å². The topological polar surface area (TPSA) is 83.1 Å². The fourth-order valence-corrected chi connectivity index (χ4v) is 2.75. The summed E-state index contributed by atoms with van der Waals surface area (Å²) in [6.07, 6.45) is 1.05. The number of nitrogens with zero attached hydrogens (tertiary/aromatic N) is 1. The van der Waals surface area contributed by atoms with Crippen molar-refractivity contribution in [2.75, 3.05) is 18.4 Å². The predicted molar refractivity (Wildman–Crippen MR) is 74.3 cm³/mol. The van der Waals surface area contributed by atoms with E-state index in [1.807, 2.05) is 0 Å². The van der Waals surface area contributed by atoms with Crippen LogP contribution in [-0.2, 0) is 4.79 Å². The smallest absolute Gasteiger partial charge is 0.271 e. The first-order chi connectivity index (χ1) is 9.06. The summed E-state index contributed by atoms with van der Waals surface area (Å²) in [4.78, 5) is 27.0. The first kappa shape index (κ1) is 14.0. The van der Waals surface area contributed by atoms with Gasteiger partial charge in [0.25, 0.3) is 5.91 Å². The first-order valence-electron chi connectivity index (χ1n) is 6.31. The summed E-state index contributed by atoms with van der Waals surface area (Å²) in [5.41, 5.74) is 0.353. The van der Waals surface area contributed by atoms with Gasteiger partial charge in [-0.1, -0.05) is 6.92 Å². The molecule has 2 heterocycles. The third kappa shape index (κ3) is 3.74. The maximum Gasteiger partial charge on any atom is 0.271 e. The summed E-state index contributed by atoms with van der Waals surface area (Å²) in [7, 11) is 0. The molecule has 0 spiro atoms. The van der Waals surface area contributed by atoms with E-state index in [0.29, 0.717) is 16.7 Å². The van der Waals surface area contributed by atoms with Crippen LogP contribution in [0.4, 0.5) is 5.13 Å². The zero-order valence-electron chi connectivity index (χ0n) is 11.0. The number of amides is 2. The van der Waals surface area contributed by atoms with E-state index in [-0.39, 0.29) is 17.9 Å². The third-order valence-electron chi connectivity index (χ3n) is 3.16. The number of thiazole rings is 1. The molecular weight excluding hydrogens is 264 g/mol. The van der Waals surface area contributed by atoms with Crippen molar-refractivity contribution in [2.24, 2.45) is 5.92 Å². The molecule has 7 heteroatoms. The van der Waals surface area contributed by atoms with Gasteiger partial charge in [0.05, 0.1) is 0 Å². The molecule has 2 unspecified atom stereocenters. The fourth-order valence-electron chi connectivity index (χ4n) is 2.01. The second-order valence-electron chi connectivity index (χ2n) is 4.77. The number of aromatic nitrogens is 1. The number of nitrogens with one attached hydrogen (secondary N) is 3. The molecule has 2 amide bonds. The molecule has 1 saturated heterocycles. The van der Waals surface area contributed by atoms with Crippen molar-refractivity contribution in [3.05, 3.63) is 11.1 Å². The second kappa shape index (κ2) is 6.12. The molecule has 0 aromatic carbocycles. The molecule has 19 heavy (non-hydrogen) atoms. The van der Waals surface area contributed by atoms with Crippen LogP contribution in [0.15, 0.2) is 5.38 Å². The Morgan fingerprint density at radius 2 is 2.32 bits per heavy atom. The summed E-state index contributed by atoms with van der Waals surface area (Å²) in [5.74, 6) is 0.0819. The predicted octanol–water partition coefficient (Wildman–Crippen LogP) is 0.829. The van der Waals surface area contributed by atoms with E-state index in [1.54, 1.807) is 5.38 Å². The van der Waals surface area contributed by atoms with Gasteiger partial charge >= 0.3 is 0 Å². The monoisotopic (exact) mass is 282 g/mol. The number of carbonyl (C=O) groups is 2. The Balaban J connectivity index is 1.95. The normalized spacial score (nSPS) is 22.8. The highest BCUT2D eigenvalue weighted by molar-refractivity contribution is 7.14. The number of carbonyl (C=O) groups excluding carboxylic acids is 2. The Hall–Kier alpha value is -1.47. The van der Waals surface area contributed by atoms with Crippen molar-refractivity contribution in [1.29, 1.82) is 0 Å². The van der Waals surface area contributed by atoms with Crippen molar-refractivity contribution >= 4 is 28.3 Å². The number of hydrogen-bond donors (Lipinski definition) is 3. The van der Waals surface area contributed by atoms with Crippen LogP contribution in [0.5, 0.6) is 0 Å². The molecule has 0 saturated carbocycles. The lowest BCUT2D eigenvalue weighted by Crippen LogP contribution is -2.50. The molecule has 3 N–H and O–H groups in total. The highest BCUT2D eigenvalue weighted by Crippen LogP contribution is 2.16. The van der Waals surface area contributed by atoms with E-state index in [4.69, 9.17) is 0 Å². The van der Waals surface area contributed by atoms with E-state index in [1.165, 1.54) is 18.3 Å². The average molecular weight is 282 g/mol. The fraction of sp³-hybridized carbons (Fsp3) is 0.583. The molecule has 2 rings (SSSR count). The summed E-state index contributed by atoms with van der Waals surface area (Å²) >= 11 is 1.25. The van der Waals surface area contributed by atoms with Gasteiger partial charge in [-0.05, 0) is 18.9 Å². The minimum atomic E-state index is -0.189. The zero-order valence-corrected chi connectivity index (χ0v) is 11.8. The van der Waals surface area contributed by atoms with E-state index in [2.05, 4.69) is 27.9 Å². The standard InChI is InChI=1S/C12H18N4O2S/c1-7-3-4-13-5-9(7)15-11(18)10-6-19-12(16-10)14-8(2)17/h6-7,9,13H,3-5H2,1-2H3,(H,15,18)(H,14,16,17). The molecule has 1 fully saturated rings. The van der Waals surface area contributed by atoms with Crippen molar-refractivity contribution < 1.29 is 9.59 Å². The lowest BCUT2D eigenvalue weighted by Gasteiger charge is -2.29. The van der Waals surface area contributed by atoms with Crippen LogP contribution in [0.2, 0.25) is 0 Å². The van der Waals surface area contributed by atoms with Crippen molar-refractivity contribution in [3.63, 3.8) is 0 Å². The molecule has 104 valence electrons. The molecule has 1 aliphatic heterocycles. The Morgan fingerprint density at radius 3 is 3.00 bits per heavy atom.